The van der Waals surface area contributed by atoms with Crippen LogP contribution in [-0.2, 0) is 14.3 Å². The number of piperazine rings is 2. The lowest BCUT2D eigenvalue weighted by atomic mass is 10.1. The number of rotatable bonds is 7. The lowest BCUT2D eigenvalue weighted by Gasteiger charge is -2.44. The zero-order valence-electron chi connectivity index (χ0n) is 17.8. The Kier molecular flexibility index (Phi) is 6.58. The summed E-state index contributed by atoms with van der Waals surface area (Å²) in [7, 11) is 3.22. The maximum Gasteiger partial charge on any atom is 0.411 e. The molecule has 2 atom stereocenters. The Morgan fingerprint density at radius 3 is 2.41 bits per heavy atom. The molecule has 0 spiro atoms. The molecule has 1 aliphatic carbocycles. The molecule has 164 valence electrons. The van der Waals surface area contributed by atoms with Crippen LogP contribution in [0.2, 0.25) is 0 Å². The molecule has 4 aliphatic rings. The van der Waals surface area contributed by atoms with Gasteiger partial charge in [-0.1, -0.05) is 0 Å². The predicted molar refractivity (Wildman–Crippen MR) is 108 cm³/mol. The number of amides is 1. The Balaban J connectivity index is 1.32. The van der Waals surface area contributed by atoms with Crippen molar-refractivity contribution in [1.82, 2.24) is 24.5 Å². The lowest BCUT2D eigenvalue weighted by molar-refractivity contribution is -0.143. The first kappa shape index (κ1) is 20.8. The van der Waals surface area contributed by atoms with Crippen LogP contribution in [0.15, 0.2) is 0 Å². The highest BCUT2D eigenvalue weighted by molar-refractivity contribution is 5.71. The number of esters is 1. The number of nitrogens with zero attached hydrogens (tertiary/aromatic N) is 5. The van der Waals surface area contributed by atoms with Crippen LogP contribution in [0, 0.1) is 0 Å². The third-order valence-corrected chi connectivity index (χ3v) is 6.79. The van der Waals surface area contributed by atoms with Crippen LogP contribution in [-0.4, -0.2) is 134 Å². The normalized spacial score (nSPS) is 30.6. The van der Waals surface area contributed by atoms with Gasteiger partial charge in [0.25, 0.3) is 0 Å². The number of hydrogen-bond acceptors (Lipinski definition) is 8. The second-order valence-electron chi connectivity index (χ2n) is 8.82. The van der Waals surface area contributed by atoms with Gasteiger partial charge in [0.15, 0.2) is 6.23 Å². The van der Waals surface area contributed by atoms with Gasteiger partial charge in [0.2, 0.25) is 0 Å². The SMILES string of the molecule is COC(=O)CN1CCN(C2CN(C)C(=O)O2)C(CCN2CCN(C3CC3)CC2)C1. The van der Waals surface area contributed by atoms with Crippen molar-refractivity contribution >= 4 is 12.1 Å². The molecule has 0 N–H and O–H groups in total. The first-order valence-corrected chi connectivity index (χ1v) is 11.0. The fourth-order valence-corrected chi connectivity index (χ4v) is 4.81. The summed E-state index contributed by atoms with van der Waals surface area (Å²) >= 11 is 0. The quantitative estimate of drug-likeness (QED) is 0.532. The number of likely N-dealkylation sites (N-methyl/N-ethyl adjacent to an activating group) is 1. The molecule has 3 aliphatic heterocycles. The van der Waals surface area contributed by atoms with Gasteiger partial charge < -0.3 is 19.3 Å². The smallest absolute Gasteiger partial charge is 0.411 e. The highest BCUT2D eigenvalue weighted by atomic mass is 16.6. The number of hydrogen-bond donors (Lipinski definition) is 0. The van der Waals surface area contributed by atoms with Crippen LogP contribution in [0.1, 0.15) is 19.3 Å². The van der Waals surface area contributed by atoms with E-state index in [-0.39, 0.29) is 24.3 Å². The van der Waals surface area contributed by atoms with E-state index in [1.807, 2.05) is 0 Å². The summed E-state index contributed by atoms with van der Waals surface area (Å²) in [6, 6.07) is 1.12. The van der Waals surface area contributed by atoms with E-state index < -0.39 is 0 Å². The number of carbonyl (C=O) groups is 2. The van der Waals surface area contributed by atoms with Crippen molar-refractivity contribution < 1.29 is 19.1 Å². The minimum absolute atomic E-state index is 0.190. The Labute approximate surface area is 173 Å². The van der Waals surface area contributed by atoms with Crippen LogP contribution >= 0.6 is 0 Å². The second kappa shape index (κ2) is 9.16. The van der Waals surface area contributed by atoms with E-state index in [2.05, 4.69) is 19.6 Å². The molecule has 0 radical (unpaired) electrons. The van der Waals surface area contributed by atoms with Gasteiger partial charge in [-0.2, -0.15) is 0 Å². The fourth-order valence-electron chi connectivity index (χ4n) is 4.81. The standard InChI is InChI=1S/C20H35N5O4/c1-21-14-18(29-20(21)27)25-12-9-23(15-19(26)28-2)13-17(25)5-6-22-7-10-24(11-8-22)16-3-4-16/h16-18H,3-15H2,1-2H3. The number of carbonyl (C=O) groups excluding carboxylic acids is 2. The minimum atomic E-state index is -0.248. The van der Waals surface area contributed by atoms with E-state index in [1.54, 1.807) is 11.9 Å². The minimum Gasteiger partial charge on any atom is -0.468 e. The van der Waals surface area contributed by atoms with Gasteiger partial charge in [0.1, 0.15) is 0 Å². The van der Waals surface area contributed by atoms with E-state index in [0.29, 0.717) is 13.1 Å². The van der Waals surface area contributed by atoms with Gasteiger partial charge >= 0.3 is 12.1 Å². The summed E-state index contributed by atoms with van der Waals surface area (Å²) in [5.74, 6) is -0.194. The van der Waals surface area contributed by atoms with E-state index in [0.717, 1.165) is 51.7 Å². The summed E-state index contributed by atoms with van der Waals surface area (Å²) in [6.07, 6.45) is 3.33. The molecule has 2 unspecified atom stereocenters. The molecule has 3 heterocycles. The largest absolute Gasteiger partial charge is 0.468 e. The molecule has 0 bridgehead atoms. The van der Waals surface area contributed by atoms with Crippen molar-refractivity contribution in [3.8, 4) is 0 Å². The molecule has 0 aromatic carbocycles. The van der Waals surface area contributed by atoms with Crippen LogP contribution in [0.3, 0.4) is 0 Å². The van der Waals surface area contributed by atoms with E-state index >= 15 is 0 Å². The maximum atomic E-state index is 11.9. The fraction of sp³-hybridized carbons (Fsp3) is 0.900. The van der Waals surface area contributed by atoms with E-state index in [9.17, 15) is 9.59 Å². The van der Waals surface area contributed by atoms with Crippen molar-refractivity contribution in [2.45, 2.75) is 37.6 Å². The molecule has 0 aromatic heterocycles. The van der Waals surface area contributed by atoms with Gasteiger partial charge in [-0.05, 0) is 25.8 Å². The number of methoxy groups -OCH3 is 1. The summed E-state index contributed by atoms with van der Waals surface area (Å²) < 4.78 is 10.5. The number of cyclic esters (lactones) is 1. The van der Waals surface area contributed by atoms with Crippen molar-refractivity contribution in [3.63, 3.8) is 0 Å². The molecule has 1 saturated carbocycles. The average Bonchev–Trinajstić information content (AvgIpc) is 3.52. The molecule has 0 aromatic rings. The van der Waals surface area contributed by atoms with Gasteiger partial charge in [0, 0.05) is 64.9 Å². The van der Waals surface area contributed by atoms with E-state index in [4.69, 9.17) is 9.47 Å². The lowest BCUT2D eigenvalue weighted by Crippen LogP contribution is -2.59. The Morgan fingerprint density at radius 2 is 1.79 bits per heavy atom. The average molecular weight is 410 g/mol. The van der Waals surface area contributed by atoms with Crippen LogP contribution in [0.5, 0.6) is 0 Å². The zero-order chi connectivity index (χ0) is 20.4. The Bertz CT molecular complexity index is 593. The molecular formula is C20H35N5O4. The predicted octanol–water partition coefficient (Wildman–Crippen LogP) is -0.276. The van der Waals surface area contributed by atoms with Crippen molar-refractivity contribution in [2.75, 3.05) is 79.6 Å². The van der Waals surface area contributed by atoms with Crippen LogP contribution in [0.25, 0.3) is 0 Å². The molecule has 4 rings (SSSR count). The van der Waals surface area contributed by atoms with Crippen molar-refractivity contribution in [2.24, 2.45) is 0 Å². The van der Waals surface area contributed by atoms with Gasteiger partial charge in [-0.15, -0.1) is 0 Å². The van der Waals surface area contributed by atoms with Crippen LogP contribution < -0.4 is 0 Å². The van der Waals surface area contributed by atoms with Gasteiger partial charge in [-0.25, -0.2) is 4.79 Å². The molecule has 3 saturated heterocycles. The zero-order valence-corrected chi connectivity index (χ0v) is 17.8. The second-order valence-corrected chi connectivity index (χ2v) is 8.82. The molecule has 29 heavy (non-hydrogen) atoms. The van der Waals surface area contributed by atoms with E-state index in [1.165, 1.54) is 33.0 Å². The number of ether oxygens (including phenoxy) is 2. The third-order valence-electron chi connectivity index (χ3n) is 6.79. The molecule has 9 heteroatoms. The molecule has 9 nitrogen and oxygen atoms in total. The summed E-state index contributed by atoms with van der Waals surface area (Å²) in [5, 5.41) is 0. The van der Waals surface area contributed by atoms with Gasteiger partial charge in [-0.3, -0.25) is 19.5 Å². The van der Waals surface area contributed by atoms with Crippen molar-refractivity contribution in [3.05, 3.63) is 0 Å². The molecule has 4 fully saturated rings. The van der Waals surface area contributed by atoms with Crippen molar-refractivity contribution in [1.29, 1.82) is 0 Å². The highest BCUT2D eigenvalue weighted by Gasteiger charge is 2.39. The summed E-state index contributed by atoms with van der Waals surface area (Å²) in [5.41, 5.74) is 0. The molecule has 1 amide bonds. The topological polar surface area (TPSA) is 68.8 Å². The highest BCUT2D eigenvalue weighted by Crippen LogP contribution is 2.28. The molecular weight excluding hydrogens is 374 g/mol. The Hall–Kier alpha value is -1.42. The first-order chi connectivity index (χ1) is 14.0. The monoisotopic (exact) mass is 409 g/mol. The summed E-state index contributed by atoms with van der Waals surface area (Å²) in [6.45, 7) is 8.98. The first-order valence-electron chi connectivity index (χ1n) is 11.0. The summed E-state index contributed by atoms with van der Waals surface area (Å²) in [4.78, 5) is 34.9. The van der Waals surface area contributed by atoms with Gasteiger partial charge in [0.05, 0.1) is 20.2 Å². The Morgan fingerprint density at radius 1 is 1.07 bits per heavy atom. The maximum absolute atomic E-state index is 11.9. The third kappa shape index (κ3) is 5.20. The van der Waals surface area contributed by atoms with Crippen LogP contribution in [0.4, 0.5) is 4.79 Å².